The number of aromatic amines is 1. The van der Waals surface area contributed by atoms with Crippen LogP contribution in [0.25, 0.3) is 10.9 Å². The van der Waals surface area contributed by atoms with Gasteiger partial charge in [-0.15, -0.1) is 0 Å². The Labute approximate surface area is 155 Å². The van der Waals surface area contributed by atoms with Crippen LogP contribution >= 0.6 is 11.6 Å². The van der Waals surface area contributed by atoms with Crippen LogP contribution in [-0.4, -0.2) is 22.8 Å². The molecule has 0 saturated carbocycles. The number of benzene rings is 2. The molecule has 2 amide bonds. The van der Waals surface area contributed by atoms with E-state index < -0.39 is 11.8 Å². The van der Waals surface area contributed by atoms with E-state index >= 15 is 0 Å². The number of aromatic nitrogens is 1. The van der Waals surface area contributed by atoms with Crippen LogP contribution in [0.5, 0.6) is 0 Å². The molecule has 2 aromatic carbocycles. The van der Waals surface area contributed by atoms with Gasteiger partial charge in [0.2, 0.25) is 5.91 Å². The van der Waals surface area contributed by atoms with Crippen molar-refractivity contribution in [1.82, 2.24) is 10.3 Å². The van der Waals surface area contributed by atoms with Crippen LogP contribution in [0.1, 0.15) is 21.6 Å². The highest BCUT2D eigenvalue weighted by atomic mass is 35.5. The lowest BCUT2D eigenvalue weighted by molar-refractivity contribution is -0.122. The van der Waals surface area contributed by atoms with Crippen LogP contribution in [-0.2, 0) is 17.6 Å². The number of carbonyl (C=O) groups excluding carboxylic acids is 2. The molecule has 132 valence electrons. The topological polar surface area (TPSA) is 88.0 Å². The summed E-state index contributed by atoms with van der Waals surface area (Å²) in [6, 6.07) is 14.8. The van der Waals surface area contributed by atoms with Gasteiger partial charge in [0.25, 0.3) is 5.91 Å². The highest BCUT2D eigenvalue weighted by molar-refractivity contribution is 6.31. The zero-order chi connectivity index (χ0) is 18.3. The minimum absolute atomic E-state index is 0.257. The number of nitrogens with one attached hydrogen (secondary N) is 2. The minimum atomic E-state index is -0.423. The van der Waals surface area contributed by atoms with Gasteiger partial charge < -0.3 is 16.0 Å². The first-order valence-electron chi connectivity index (χ1n) is 8.46. The molecule has 0 spiro atoms. The Morgan fingerprint density at radius 1 is 1.08 bits per heavy atom. The molecular formula is C20H18ClN3O2. The number of primary amides is 1. The number of fused-ring (bicyclic) bond motifs is 2. The zero-order valence-corrected chi connectivity index (χ0v) is 14.7. The van der Waals surface area contributed by atoms with Crippen molar-refractivity contribution in [3.8, 4) is 0 Å². The molecule has 4 rings (SSSR count). The van der Waals surface area contributed by atoms with Crippen LogP contribution in [0.4, 0.5) is 0 Å². The molecule has 1 unspecified atom stereocenters. The lowest BCUT2D eigenvalue weighted by Gasteiger charge is -2.31. The van der Waals surface area contributed by atoms with Gasteiger partial charge in [-0.05, 0) is 48.2 Å². The van der Waals surface area contributed by atoms with Crippen molar-refractivity contribution in [3.63, 3.8) is 0 Å². The third-order valence-corrected chi connectivity index (χ3v) is 5.23. The van der Waals surface area contributed by atoms with Gasteiger partial charge in [0.1, 0.15) is 5.69 Å². The Morgan fingerprint density at radius 2 is 1.81 bits per heavy atom. The number of hydrogen-bond acceptors (Lipinski definition) is 2. The van der Waals surface area contributed by atoms with Crippen molar-refractivity contribution in [2.24, 2.45) is 11.7 Å². The van der Waals surface area contributed by atoms with Gasteiger partial charge in [0.05, 0.1) is 5.92 Å². The summed E-state index contributed by atoms with van der Waals surface area (Å²) in [4.78, 5) is 27.7. The summed E-state index contributed by atoms with van der Waals surface area (Å²) in [6.07, 6.45) is 1.13. The van der Waals surface area contributed by atoms with E-state index in [0.29, 0.717) is 23.6 Å². The monoisotopic (exact) mass is 367 g/mol. The van der Waals surface area contributed by atoms with E-state index in [4.69, 9.17) is 17.3 Å². The van der Waals surface area contributed by atoms with Crippen molar-refractivity contribution >= 4 is 34.3 Å². The molecule has 0 fully saturated rings. The molecule has 1 aromatic heterocycles. The zero-order valence-electron chi connectivity index (χ0n) is 14.0. The van der Waals surface area contributed by atoms with Gasteiger partial charge in [0, 0.05) is 22.0 Å². The van der Waals surface area contributed by atoms with Gasteiger partial charge in [-0.2, -0.15) is 0 Å². The number of hydrogen-bond donors (Lipinski definition) is 3. The number of amides is 2. The van der Waals surface area contributed by atoms with Crippen LogP contribution in [0.3, 0.4) is 0 Å². The van der Waals surface area contributed by atoms with Gasteiger partial charge in [0.15, 0.2) is 0 Å². The minimum Gasteiger partial charge on any atom is -0.369 e. The molecule has 1 aliphatic carbocycles. The van der Waals surface area contributed by atoms with Gasteiger partial charge in [-0.3, -0.25) is 9.59 Å². The lowest BCUT2D eigenvalue weighted by Crippen LogP contribution is -2.49. The van der Waals surface area contributed by atoms with Crippen molar-refractivity contribution in [3.05, 3.63) is 70.4 Å². The molecule has 26 heavy (non-hydrogen) atoms. The quantitative estimate of drug-likeness (QED) is 0.664. The maximum Gasteiger partial charge on any atom is 0.267 e. The van der Waals surface area contributed by atoms with E-state index in [0.717, 1.165) is 22.0 Å². The van der Waals surface area contributed by atoms with Crippen molar-refractivity contribution in [2.45, 2.75) is 18.9 Å². The average molecular weight is 368 g/mol. The maximum absolute atomic E-state index is 12.7. The van der Waals surface area contributed by atoms with E-state index in [9.17, 15) is 9.59 Å². The number of H-pyrrole nitrogens is 1. The second-order valence-corrected chi connectivity index (χ2v) is 7.12. The number of rotatable bonds is 3. The second kappa shape index (κ2) is 6.50. The van der Waals surface area contributed by atoms with Crippen molar-refractivity contribution in [2.75, 3.05) is 0 Å². The average Bonchev–Trinajstić information content (AvgIpc) is 3.04. The van der Waals surface area contributed by atoms with Crippen LogP contribution < -0.4 is 11.1 Å². The Balaban J connectivity index is 1.59. The van der Waals surface area contributed by atoms with Gasteiger partial charge >= 0.3 is 0 Å². The molecule has 2 atom stereocenters. The van der Waals surface area contributed by atoms with E-state index in [1.54, 1.807) is 18.2 Å². The molecule has 6 heteroatoms. The molecule has 4 N–H and O–H groups in total. The fraction of sp³-hybridized carbons (Fsp3) is 0.200. The lowest BCUT2D eigenvalue weighted by atomic mass is 9.79. The van der Waals surface area contributed by atoms with Crippen molar-refractivity contribution in [1.29, 1.82) is 0 Å². The standard InChI is InChI=1S/C20H18ClN3O2/c21-14-5-6-16-13(7-14)10-18(23-16)20(26)24-17-9-12-4-2-1-3-11(12)8-15(17)19(22)25/h1-7,10,15,17,23H,8-9H2,(H2,22,25)(H,24,26)/t15-,17?/m1/s1. The molecular weight excluding hydrogens is 350 g/mol. The molecule has 0 aliphatic heterocycles. The van der Waals surface area contributed by atoms with E-state index in [1.165, 1.54) is 0 Å². The highest BCUT2D eigenvalue weighted by Gasteiger charge is 2.33. The molecule has 1 aliphatic rings. The molecule has 5 nitrogen and oxygen atoms in total. The molecule has 1 heterocycles. The Morgan fingerprint density at radius 3 is 2.54 bits per heavy atom. The van der Waals surface area contributed by atoms with Crippen LogP contribution in [0.2, 0.25) is 5.02 Å². The number of nitrogens with two attached hydrogens (primary N) is 1. The summed E-state index contributed by atoms with van der Waals surface area (Å²) >= 11 is 6.00. The molecule has 3 aromatic rings. The highest BCUT2D eigenvalue weighted by Crippen LogP contribution is 2.26. The molecule has 0 bridgehead atoms. The first kappa shape index (κ1) is 16.7. The summed E-state index contributed by atoms with van der Waals surface area (Å²) in [7, 11) is 0. The number of halogens is 1. The summed E-state index contributed by atoms with van der Waals surface area (Å²) in [5.41, 5.74) is 9.11. The molecule has 0 radical (unpaired) electrons. The first-order valence-corrected chi connectivity index (χ1v) is 8.84. The number of carbonyl (C=O) groups is 2. The molecule has 0 saturated heterocycles. The fourth-order valence-electron chi connectivity index (χ4n) is 3.64. The predicted octanol–water partition coefficient (Wildman–Crippen LogP) is 2.82. The van der Waals surface area contributed by atoms with Gasteiger partial charge in [-0.25, -0.2) is 0 Å². The van der Waals surface area contributed by atoms with Crippen molar-refractivity contribution < 1.29 is 9.59 Å². The largest absolute Gasteiger partial charge is 0.369 e. The normalized spacial score (nSPS) is 19.1. The summed E-state index contributed by atoms with van der Waals surface area (Å²) < 4.78 is 0. The maximum atomic E-state index is 12.7. The Kier molecular flexibility index (Phi) is 4.17. The summed E-state index contributed by atoms with van der Waals surface area (Å²) in [5, 5.41) is 4.46. The van der Waals surface area contributed by atoms with Crippen LogP contribution in [0.15, 0.2) is 48.5 Å². The third-order valence-electron chi connectivity index (χ3n) is 4.99. The van der Waals surface area contributed by atoms with E-state index in [-0.39, 0.29) is 11.9 Å². The van der Waals surface area contributed by atoms with Crippen LogP contribution in [0, 0.1) is 5.92 Å². The van der Waals surface area contributed by atoms with E-state index in [1.807, 2.05) is 30.3 Å². The summed E-state index contributed by atoms with van der Waals surface area (Å²) in [6.45, 7) is 0. The first-order chi connectivity index (χ1) is 12.5. The third kappa shape index (κ3) is 3.06. The Bertz CT molecular complexity index is 1010. The van der Waals surface area contributed by atoms with E-state index in [2.05, 4.69) is 10.3 Å². The smallest absolute Gasteiger partial charge is 0.267 e. The van der Waals surface area contributed by atoms with Gasteiger partial charge in [-0.1, -0.05) is 35.9 Å². The fourth-order valence-corrected chi connectivity index (χ4v) is 3.82. The predicted molar refractivity (Wildman–Crippen MR) is 101 cm³/mol. The SMILES string of the molecule is NC(=O)[C@@H]1Cc2ccccc2CC1NC(=O)c1cc2cc(Cl)ccc2[nH]1. The summed E-state index contributed by atoms with van der Waals surface area (Å²) in [5.74, 6) is -1.08. The Hall–Kier alpha value is -2.79. The second-order valence-electron chi connectivity index (χ2n) is 6.68.